The molecule has 3 aliphatic rings. The van der Waals surface area contributed by atoms with Crippen LogP contribution in [0.5, 0.6) is 0 Å². The van der Waals surface area contributed by atoms with Crippen LogP contribution in [0.4, 0.5) is 11.8 Å². The van der Waals surface area contributed by atoms with E-state index < -0.39 is 10.2 Å². The van der Waals surface area contributed by atoms with E-state index >= 15 is 0 Å². The lowest BCUT2D eigenvalue weighted by Crippen LogP contribution is -2.50. The molecule has 0 aromatic carbocycles. The van der Waals surface area contributed by atoms with Gasteiger partial charge in [0.2, 0.25) is 5.95 Å². The molecule has 0 radical (unpaired) electrons. The third-order valence-electron chi connectivity index (χ3n) is 7.37. The van der Waals surface area contributed by atoms with Gasteiger partial charge in [0.25, 0.3) is 10.2 Å². The number of nitrogens with one attached hydrogen (secondary N) is 2. The van der Waals surface area contributed by atoms with Crippen molar-refractivity contribution >= 4 is 22.0 Å². The SMILES string of the molecule is CN(C)S(=O)(=O)NC1CCC(N2CCCC(Nc3nccc(N4CCCCCC4)n3)C2)CC1. The molecule has 1 aliphatic carbocycles. The second-order valence-electron chi connectivity index (χ2n) is 10.0. The van der Waals surface area contributed by atoms with Crippen LogP contribution in [0.1, 0.15) is 64.2 Å². The summed E-state index contributed by atoms with van der Waals surface area (Å²) in [6.07, 6.45) is 13.1. The molecule has 2 N–H and O–H groups in total. The molecule has 3 heterocycles. The van der Waals surface area contributed by atoms with Gasteiger partial charge in [0.05, 0.1) is 0 Å². The van der Waals surface area contributed by atoms with Crippen molar-refractivity contribution in [2.45, 2.75) is 82.3 Å². The number of hydrogen-bond donors (Lipinski definition) is 2. The van der Waals surface area contributed by atoms with E-state index in [9.17, 15) is 8.42 Å². The van der Waals surface area contributed by atoms with Gasteiger partial charge >= 0.3 is 0 Å². The number of nitrogens with zero attached hydrogens (tertiary/aromatic N) is 5. The van der Waals surface area contributed by atoms with E-state index in [1.165, 1.54) is 30.0 Å². The Morgan fingerprint density at radius 2 is 1.67 bits per heavy atom. The number of aromatic nitrogens is 2. The van der Waals surface area contributed by atoms with Crippen molar-refractivity contribution in [1.29, 1.82) is 0 Å². The summed E-state index contributed by atoms with van der Waals surface area (Å²) in [4.78, 5) is 14.3. The summed E-state index contributed by atoms with van der Waals surface area (Å²) in [5, 5.41) is 3.61. The average Bonchev–Trinajstić information content (AvgIpc) is 3.09. The highest BCUT2D eigenvalue weighted by Gasteiger charge is 2.31. The lowest BCUT2D eigenvalue weighted by molar-refractivity contribution is 0.117. The number of rotatable bonds is 7. The molecule has 186 valence electrons. The van der Waals surface area contributed by atoms with Crippen LogP contribution in [0.15, 0.2) is 12.3 Å². The summed E-state index contributed by atoms with van der Waals surface area (Å²) in [6.45, 7) is 4.28. The first-order valence-corrected chi connectivity index (χ1v) is 14.1. The van der Waals surface area contributed by atoms with E-state index in [0.29, 0.717) is 12.1 Å². The van der Waals surface area contributed by atoms with Crippen molar-refractivity contribution < 1.29 is 8.42 Å². The van der Waals surface area contributed by atoms with Gasteiger partial charge in [-0.15, -0.1) is 0 Å². The highest BCUT2D eigenvalue weighted by atomic mass is 32.2. The highest BCUT2D eigenvalue weighted by Crippen LogP contribution is 2.27. The van der Waals surface area contributed by atoms with Crippen LogP contribution >= 0.6 is 0 Å². The largest absolute Gasteiger partial charge is 0.356 e. The second-order valence-corrected chi connectivity index (χ2v) is 11.9. The molecule has 0 amide bonds. The van der Waals surface area contributed by atoms with Crippen LogP contribution in [-0.2, 0) is 10.2 Å². The molecule has 1 unspecified atom stereocenters. The fourth-order valence-corrected chi connectivity index (χ4v) is 6.28. The molecule has 2 aliphatic heterocycles. The van der Waals surface area contributed by atoms with Gasteiger partial charge in [0, 0.05) is 58.1 Å². The van der Waals surface area contributed by atoms with Crippen molar-refractivity contribution in [3.05, 3.63) is 12.3 Å². The zero-order valence-corrected chi connectivity index (χ0v) is 21.1. The normalized spacial score (nSPS) is 28.0. The molecule has 33 heavy (non-hydrogen) atoms. The zero-order valence-electron chi connectivity index (χ0n) is 20.2. The Labute approximate surface area is 199 Å². The van der Waals surface area contributed by atoms with Crippen molar-refractivity contribution in [1.82, 2.24) is 23.9 Å². The third-order valence-corrected chi connectivity index (χ3v) is 8.96. The van der Waals surface area contributed by atoms with E-state index in [1.54, 1.807) is 14.1 Å². The standard InChI is InChI=1S/C23H41N7O2S/c1-28(2)33(31,32)27-19-9-11-21(12-10-19)30-17-7-8-20(18-30)25-23-24-14-13-22(26-23)29-15-5-3-4-6-16-29/h13-14,19-21,27H,3-12,15-18H2,1-2H3,(H,24,25,26). The molecule has 3 fully saturated rings. The van der Waals surface area contributed by atoms with Crippen molar-refractivity contribution in [3.8, 4) is 0 Å². The Balaban J connectivity index is 1.28. The van der Waals surface area contributed by atoms with Gasteiger partial charge in [-0.1, -0.05) is 12.8 Å². The molecule has 1 aromatic heterocycles. The molecule has 0 bridgehead atoms. The van der Waals surface area contributed by atoms with Gasteiger partial charge in [0.15, 0.2) is 0 Å². The monoisotopic (exact) mass is 479 g/mol. The van der Waals surface area contributed by atoms with Crippen LogP contribution < -0.4 is 14.9 Å². The Bertz CT molecular complexity index is 850. The molecule has 1 aromatic rings. The maximum atomic E-state index is 12.1. The minimum atomic E-state index is -3.36. The molecule has 9 nitrogen and oxygen atoms in total. The Morgan fingerprint density at radius 1 is 0.939 bits per heavy atom. The average molecular weight is 480 g/mol. The Kier molecular flexibility index (Phi) is 8.43. The van der Waals surface area contributed by atoms with E-state index in [4.69, 9.17) is 4.98 Å². The summed E-state index contributed by atoms with van der Waals surface area (Å²) >= 11 is 0. The van der Waals surface area contributed by atoms with Crippen LogP contribution in [0.2, 0.25) is 0 Å². The summed E-state index contributed by atoms with van der Waals surface area (Å²) < 4.78 is 28.3. The topological polar surface area (TPSA) is 93.7 Å². The molecule has 10 heteroatoms. The molecule has 1 saturated carbocycles. The number of piperidine rings is 1. The van der Waals surface area contributed by atoms with Crippen LogP contribution in [0.3, 0.4) is 0 Å². The smallest absolute Gasteiger partial charge is 0.279 e. The fourth-order valence-electron chi connectivity index (χ4n) is 5.41. The maximum Gasteiger partial charge on any atom is 0.279 e. The van der Waals surface area contributed by atoms with E-state index in [1.807, 2.05) is 12.3 Å². The summed E-state index contributed by atoms with van der Waals surface area (Å²) in [5.74, 6) is 1.78. The van der Waals surface area contributed by atoms with E-state index in [-0.39, 0.29) is 6.04 Å². The second kappa shape index (κ2) is 11.3. The molecule has 2 saturated heterocycles. The first-order valence-electron chi connectivity index (χ1n) is 12.7. The first kappa shape index (κ1) is 24.6. The Hall–Kier alpha value is -1.49. The van der Waals surface area contributed by atoms with Crippen molar-refractivity contribution in [2.24, 2.45) is 0 Å². The lowest BCUT2D eigenvalue weighted by Gasteiger charge is -2.41. The van der Waals surface area contributed by atoms with Crippen LogP contribution in [0.25, 0.3) is 0 Å². The quantitative estimate of drug-likeness (QED) is 0.620. The summed E-state index contributed by atoms with van der Waals surface area (Å²) in [5.41, 5.74) is 0. The Morgan fingerprint density at radius 3 is 2.36 bits per heavy atom. The van der Waals surface area contributed by atoms with E-state index in [2.05, 4.69) is 24.8 Å². The van der Waals surface area contributed by atoms with Gasteiger partial charge in [-0.3, -0.25) is 4.90 Å². The number of hydrogen-bond acceptors (Lipinski definition) is 7. The molecular formula is C23H41N7O2S. The van der Waals surface area contributed by atoms with Crippen LogP contribution in [0, 0.1) is 0 Å². The highest BCUT2D eigenvalue weighted by molar-refractivity contribution is 7.87. The first-order chi connectivity index (χ1) is 15.9. The van der Waals surface area contributed by atoms with Crippen molar-refractivity contribution in [2.75, 3.05) is 50.5 Å². The van der Waals surface area contributed by atoms with Gasteiger partial charge in [-0.05, 0) is 64.0 Å². The molecule has 0 spiro atoms. The minimum Gasteiger partial charge on any atom is -0.356 e. The minimum absolute atomic E-state index is 0.0440. The van der Waals surface area contributed by atoms with Crippen LogP contribution in [-0.4, -0.2) is 86.0 Å². The molecular weight excluding hydrogens is 438 g/mol. The molecule has 1 atom stereocenters. The predicted molar refractivity (Wildman–Crippen MR) is 133 cm³/mol. The zero-order chi connectivity index (χ0) is 23.3. The van der Waals surface area contributed by atoms with Gasteiger partial charge in [0.1, 0.15) is 5.82 Å². The van der Waals surface area contributed by atoms with Gasteiger partial charge in [-0.2, -0.15) is 22.4 Å². The summed E-state index contributed by atoms with van der Waals surface area (Å²) in [7, 11) is -0.212. The van der Waals surface area contributed by atoms with E-state index in [0.717, 1.165) is 76.5 Å². The maximum absolute atomic E-state index is 12.1. The fraction of sp³-hybridized carbons (Fsp3) is 0.826. The molecule has 4 rings (SSSR count). The van der Waals surface area contributed by atoms with Crippen molar-refractivity contribution in [3.63, 3.8) is 0 Å². The number of anilines is 2. The number of likely N-dealkylation sites (tertiary alicyclic amines) is 1. The summed E-state index contributed by atoms with van der Waals surface area (Å²) in [6, 6.07) is 2.96. The predicted octanol–water partition coefficient (Wildman–Crippen LogP) is 2.44. The van der Waals surface area contributed by atoms with Gasteiger partial charge < -0.3 is 10.2 Å². The lowest BCUT2D eigenvalue weighted by atomic mass is 9.89. The third kappa shape index (κ3) is 6.77. The van der Waals surface area contributed by atoms with Gasteiger partial charge in [-0.25, -0.2) is 4.98 Å².